The van der Waals surface area contributed by atoms with Crippen molar-refractivity contribution in [3.8, 4) is 5.75 Å². The Hall–Kier alpha value is -1.06. The summed E-state index contributed by atoms with van der Waals surface area (Å²) in [5.41, 5.74) is 9.98. The summed E-state index contributed by atoms with van der Waals surface area (Å²) in [6, 6.07) is 4.32. The van der Waals surface area contributed by atoms with Crippen molar-refractivity contribution in [2.24, 2.45) is 11.1 Å². The Labute approximate surface area is 110 Å². The van der Waals surface area contributed by atoms with Gasteiger partial charge in [-0.3, -0.25) is 0 Å². The lowest BCUT2D eigenvalue weighted by molar-refractivity contribution is 0.403. The molecule has 1 fully saturated rings. The molecular formula is C15H24N2O. The molecule has 0 aromatic heterocycles. The molecular weight excluding hydrogens is 224 g/mol. The van der Waals surface area contributed by atoms with Crippen LogP contribution in [0, 0.1) is 19.3 Å². The van der Waals surface area contributed by atoms with Gasteiger partial charge >= 0.3 is 0 Å². The van der Waals surface area contributed by atoms with Crippen LogP contribution in [0.2, 0.25) is 0 Å². The first-order valence-electron chi connectivity index (χ1n) is 6.65. The summed E-state index contributed by atoms with van der Waals surface area (Å²) < 4.78 is 5.44. The molecule has 0 heterocycles. The van der Waals surface area contributed by atoms with E-state index in [9.17, 15) is 0 Å². The normalized spacial score (nSPS) is 16.7. The van der Waals surface area contributed by atoms with Crippen molar-refractivity contribution in [2.75, 3.05) is 20.2 Å². The van der Waals surface area contributed by atoms with Crippen LogP contribution in [-0.2, 0) is 6.54 Å². The fourth-order valence-corrected chi connectivity index (χ4v) is 2.27. The predicted molar refractivity (Wildman–Crippen MR) is 74.9 cm³/mol. The molecule has 3 nitrogen and oxygen atoms in total. The molecule has 1 aliphatic carbocycles. The fourth-order valence-electron chi connectivity index (χ4n) is 2.27. The molecule has 0 amide bonds. The maximum atomic E-state index is 5.78. The predicted octanol–water partition coefficient (Wildman–Crippen LogP) is 2.14. The van der Waals surface area contributed by atoms with Crippen molar-refractivity contribution in [1.82, 2.24) is 5.32 Å². The number of rotatable bonds is 6. The number of methoxy groups -OCH3 is 1. The molecule has 3 N–H and O–H groups in total. The number of nitrogens with one attached hydrogen (secondary N) is 1. The van der Waals surface area contributed by atoms with Crippen LogP contribution in [0.3, 0.4) is 0 Å². The SMILES string of the molecule is COc1cc(C)c(C)cc1CNCC1(CN)CC1. The largest absolute Gasteiger partial charge is 0.496 e. The molecule has 1 aromatic rings. The zero-order valence-electron chi connectivity index (χ0n) is 11.7. The highest BCUT2D eigenvalue weighted by Gasteiger charge is 2.40. The van der Waals surface area contributed by atoms with Crippen LogP contribution >= 0.6 is 0 Å². The van der Waals surface area contributed by atoms with Crippen LogP contribution in [0.5, 0.6) is 5.75 Å². The number of benzene rings is 1. The number of hydrogen-bond acceptors (Lipinski definition) is 3. The first-order chi connectivity index (χ1) is 8.60. The minimum Gasteiger partial charge on any atom is -0.496 e. The van der Waals surface area contributed by atoms with Crippen LogP contribution in [0.25, 0.3) is 0 Å². The maximum Gasteiger partial charge on any atom is 0.123 e. The molecule has 100 valence electrons. The topological polar surface area (TPSA) is 47.3 Å². The fraction of sp³-hybridized carbons (Fsp3) is 0.600. The highest BCUT2D eigenvalue weighted by molar-refractivity contribution is 5.41. The van der Waals surface area contributed by atoms with Crippen LogP contribution < -0.4 is 15.8 Å². The standard InChI is InChI=1S/C15H24N2O/c1-11-6-13(14(18-3)7-12(11)2)8-17-10-15(9-16)4-5-15/h6-7,17H,4-5,8-10,16H2,1-3H3. The lowest BCUT2D eigenvalue weighted by Crippen LogP contribution is -2.29. The molecule has 0 atom stereocenters. The molecule has 18 heavy (non-hydrogen) atoms. The van der Waals surface area contributed by atoms with Crippen molar-refractivity contribution in [2.45, 2.75) is 33.2 Å². The molecule has 0 bridgehead atoms. The Kier molecular flexibility index (Phi) is 3.93. The second-order valence-corrected chi connectivity index (χ2v) is 5.56. The summed E-state index contributed by atoms with van der Waals surface area (Å²) in [5, 5.41) is 3.52. The molecule has 0 saturated heterocycles. The molecule has 0 aliphatic heterocycles. The third kappa shape index (κ3) is 2.85. The van der Waals surface area contributed by atoms with E-state index in [0.717, 1.165) is 25.4 Å². The van der Waals surface area contributed by atoms with Gasteiger partial charge in [0.25, 0.3) is 0 Å². The molecule has 1 aromatic carbocycles. The van der Waals surface area contributed by atoms with E-state index in [-0.39, 0.29) is 0 Å². The van der Waals surface area contributed by atoms with E-state index in [4.69, 9.17) is 10.5 Å². The van der Waals surface area contributed by atoms with Crippen molar-refractivity contribution in [3.63, 3.8) is 0 Å². The molecule has 1 aliphatic rings. The van der Waals surface area contributed by atoms with E-state index in [1.165, 1.54) is 29.5 Å². The van der Waals surface area contributed by atoms with Gasteiger partial charge in [0.15, 0.2) is 0 Å². The summed E-state index contributed by atoms with van der Waals surface area (Å²) in [7, 11) is 1.73. The van der Waals surface area contributed by atoms with E-state index >= 15 is 0 Å². The van der Waals surface area contributed by atoms with Crippen LogP contribution in [0.1, 0.15) is 29.5 Å². The van der Waals surface area contributed by atoms with Crippen molar-refractivity contribution < 1.29 is 4.74 Å². The maximum absolute atomic E-state index is 5.78. The summed E-state index contributed by atoms with van der Waals surface area (Å²) >= 11 is 0. The molecule has 2 rings (SSSR count). The smallest absolute Gasteiger partial charge is 0.123 e. The van der Waals surface area contributed by atoms with Crippen molar-refractivity contribution in [1.29, 1.82) is 0 Å². The summed E-state index contributed by atoms with van der Waals surface area (Å²) in [6.07, 6.45) is 2.53. The van der Waals surface area contributed by atoms with E-state index < -0.39 is 0 Å². The van der Waals surface area contributed by atoms with Gasteiger partial charge in [-0.15, -0.1) is 0 Å². The van der Waals surface area contributed by atoms with Gasteiger partial charge in [0.1, 0.15) is 5.75 Å². The molecule has 0 spiro atoms. The van der Waals surface area contributed by atoms with Gasteiger partial charge < -0.3 is 15.8 Å². The molecule has 0 radical (unpaired) electrons. The van der Waals surface area contributed by atoms with Crippen LogP contribution in [0.4, 0.5) is 0 Å². The lowest BCUT2D eigenvalue weighted by Gasteiger charge is -2.16. The van der Waals surface area contributed by atoms with Gasteiger partial charge in [0.05, 0.1) is 7.11 Å². The quantitative estimate of drug-likeness (QED) is 0.811. The number of ether oxygens (including phenoxy) is 1. The highest BCUT2D eigenvalue weighted by Crippen LogP contribution is 2.43. The number of aryl methyl sites for hydroxylation is 2. The van der Waals surface area contributed by atoms with Gasteiger partial charge in [-0.2, -0.15) is 0 Å². The number of hydrogen-bond donors (Lipinski definition) is 2. The van der Waals surface area contributed by atoms with Crippen LogP contribution in [0.15, 0.2) is 12.1 Å². The van der Waals surface area contributed by atoms with Crippen molar-refractivity contribution in [3.05, 3.63) is 28.8 Å². The minimum atomic E-state index is 0.382. The Morgan fingerprint density at radius 1 is 1.28 bits per heavy atom. The zero-order chi connectivity index (χ0) is 13.2. The van der Waals surface area contributed by atoms with Gasteiger partial charge in [-0.1, -0.05) is 6.07 Å². The Balaban J connectivity index is 1.98. The van der Waals surface area contributed by atoms with Gasteiger partial charge in [-0.25, -0.2) is 0 Å². The van der Waals surface area contributed by atoms with Gasteiger partial charge in [0, 0.05) is 18.7 Å². The monoisotopic (exact) mass is 248 g/mol. The van der Waals surface area contributed by atoms with Crippen LogP contribution in [-0.4, -0.2) is 20.2 Å². The lowest BCUT2D eigenvalue weighted by atomic mass is 10.0. The average Bonchev–Trinajstić information content (AvgIpc) is 3.14. The van der Waals surface area contributed by atoms with E-state index in [1.807, 2.05) is 0 Å². The number of nitrogens with two attached hydrogens (primary N) is 1. The summed E-state index contributed by atoms with van der Waals surface area (Å²) in [5.74, 6) is 0.975. The summed E-state index contributed by atoms with van der Waals surface area (Å²) in [6.45, 7) is 6.92. The highest BCUT2D eigenvalue weighted by atomic mass is 16.5. The molecule has 0 unspecified atom stereocenters. The minimum absolute atomic E-state index is 0.382. The Morgan fingerprint density at radius 3 is 2.50 bits per heavy atom. The molecule has 3 heteroatoms. The average molecular weight is 248 g/mol. The second kappa shape index (κ2) is 5.29. The van der Waals surface area contributed by atoms with Gasteiger partial charge in [-0.05, 0) is 55.8 Å². The third-order valence-electron chi connectivity index (χ3n) is 4.10. The summed E-state index contributed by atoms with van der Waals surface area (Å²) in [4.78, 5) is 0. The van der Waals surface area contributed by atoms with E-state index in [1.54, 1.807) is 7.11 Å². The Bertz CT molecular complexity index is 425. The van der Waals surface area contributed by atoms with Crippen molar-refractivity contribution >= 4 is 0 Å². The van der Waals surface area contributed by atoms with Gasteiger partial charge in [0.2, 0.25) is 0 Å². The first-order valence-corrected chi connectivity index (χ1v) is 6.65. The Morgan fingerprint density at radius 2 is 1.94 bits per heavy atom. The zero-order valence-corrected chi connectivity index (χ0v) is 11.7. The van der Waals surface area contributed by atoms with E-state index in [2.05, 4.69) is 31.3 Å². The van der Waals surface area contributed by atoms with E-state index in [0.29, 0.717) is 5.41 Å². The first kappa shape index (κ1) is 13.4. The second-order valence-electron chi connectivity index (χ2n) is 5.56. The molecule has 1 saturated carbocycles. The third-order valence-corrected chi connectivity index (χ3v) is 4.10.